The highest BCUT2D eigenvalue weighted by Gasteiger charge is 2.12. The summed E-state index contributed by atoms with van der Waals surface area (Å²) < 4.78 is 1.85. The monoisotopic (exact) mass is 252 g/mol. The van der Waals surface area contributed by atoms with Crippen molar-refractivity contribution >= 4 is 17.4 Å². The first-order chi connectivity index (χ1) is 8.06. The molecule has 1 unspecified atom stereocenters. The van der Waals surface area contributed by atoms with Crippen molar-refractivity contribution in [2.75, 3.05) is 5.32 Å². The number of halogens is 1. The zero-order valence-corrected chi connectivity index (χ0v) is 10.6. The summed E-state index contributed by atoms with van der Waals surface area (Å²) in [6.07, 6.45) is 1.66. The summed E-state index contributed by atoms with van der Waals surface area (Å²) in [7, 11) is 1.89. The molecule has 0 amide bonds. The molecule has 17 heavy (non-hydrogen) atoms. The lowest BCUT2D eigenvalue weighted by molar-refractivity contribution is 0.715. The Bertz CT molecular complexity index is 503. The maximum absolute atomic E-state index is 5.87. The van der Waals surface area contributed by atoms with Crippen LogP contribution in [0.3, 0.4) is 0 Å². The topological polar surface area (TPSA) is 68.5 Å². The third-order valence-electron chi connectivity index (χ3n) is 2.30. The maximum Gasteiger partial charge on any atom is 0.154 e. The van der Waals surface area contributed by atoms with Gasteiger partial charge in [-0.15, -0.1) is 10.2 Å². The van der Waals surface area contributed by atoms with Gasteiger partial charge in [-0.05, 0) is 13.8 Å². The second kappa shape index (κ2) is 4.67. The van der Waals surface area contributed by atoms with Gasteiger partial charge in [0.25, 0.3) is 0 Å². The maximum atomic E-state index is 5.87. The molecule has 1 N–H and O–H groups in total. The lowest BCUT2D eigenvalue weighted by Crippen LogP contribution is -2.13. The molecule has 0 saturated heterocycles. The third kappa shape index (κ3) is 2.71. The van der Waals surface area contributed by atoms with Crippen molar-refractivity contribution < 1.29 is 0 Å². The van der Waals surface area contributed by atoms with E-state index < -0.39 is 0 Å². The van der Waals surface area contributed by atoms with Crippen LogP contribution in [0.25, 0.3) is 0 Å². The molecule has 6 nitrogen and oxygen atoms in total. The molecule has 0 aromatic carbocycles. The van der Waals surface area contributed by atoms with Crippen molar-refractivity contribution in [1.29, 1.82) is 0 Å². The second-order valence-corrected chi connectivity index (χ2v) is 4.18. The molecule has 2 aromatic heterocycles. The SMILES string of the molecule is Cc1nc(Cl)cc(NC(C)c2nncn2C)n1. The van der Waals surface area contributed by atoms with Crippen LogP contribution in [0.15, 0.2) is 12.4 Å². The van der Waals surface area contributed by atoms with Crippen molar-refractivity contribution in [1.82, 2.24) is 24.7 Å². The van der Waals surface area contributed by atoms with Gasteiger partial charge in [-0.1, -0.05) is 11.6 Å². The molecular weight excluding hydrogens is 240 g/mol. The Kier molecular flexibility index (Phi) is 3.23. The standard InChI is InChI=1S/C10H13ClN6/c1-6(10-16-12-5-17(10)3)13-9-4-8(11)14-7(2)15-9/h4-6H,1-3H3,(H,13,14,15). The van der Waals surface area contributed by atoms with Gasteiger partial charge in [0, 0.05) is 13.1 Å². The highest BCUT2D eigenvalue weighted by molar-refractivity contribution is 6.29. The molecule has 90 valence electrons. The number of aromatic nitrogens is 5. The molecule has 2 aromatic rings. The van der Waals surface area contributed by atoms with E-state index in [9.17, 15) is 0 Å². The fraction of sp³-hybridized carbons (Fsp3) is 0.400. The van der Waals surface area contributed by atoms with Gasteiger partial charge in [-0.2, -0.15) is 0 Å². The number of nitrogens with zero attached hydrogens (tertiary/aromatic N) is 5. The highest BCUT2D eigenvalue weighted by Crippen LogP contribution is 2.17. The average Bonchev–Trinajstić information content (AvgIpc) is 2.62. The molecule has 2 rings (SSSR count). The van der Waals surface area contributed by atoms with E-state index in [1.807, 2.05) is 18.5 Å². The van der Waals surface area contributed by atoms with E-state index in [0.717, 1.165) is 5.82 Å². The molecule has 0 spiro atoms. The van der Waals surface area contributed by atoms with E-state index in [1.165, 1.54) is 0 Å². The summed E-state index contributed by atoms with van der Waals surface area (Å²) in [5, 5.41) is 11.5. The van der Waals surface area contributed by atoms with E-state index >= 15 is 0 Å². The van der Waals surface area contributed by atoms with Gasteiger partial charge in [0.2, 0.25) is 0 Å². The molecule has 0 aliphatic rings. The first-order valence-electron chi connectivity index (χ1n) is 5.18. The summed E-state index contributed by atoms with van der Waals surface area (Å²) in [5.74, 6) is 2.14. The Hall–Kier alpha value is -1.69. The predicted molar refractivity (Wildman–Crippen MR) is 64.8 cm³/mol. The van der Waals surface area contributed by atoms with Crippen LogP contribution in [-0.2, 0) is 7.05 Å². The molecule has 0 aliphatic carbocycles. The third-order valence-corrected chi connectivity index (χ3v) is 2.50. The largest absolute Gasteiger partial charge is 0.360 e. The van der Waals surface area contributed by atoms with Crippen LogP contribution in [0.4, 0.5) is 5.82 Å². The van der Waals surface area contributed by atoms with Gasteiger partial charge in [0.1, 0.15) is 23.1 Å². The summed E-state index contributed by atoms with van der Waals surface area (Å²) in [5.41, 5.74) is 0. The molecule has 0 aliphatic heterocycles. The van der Waals surface area contributed by atoms with E-state index in [0.29, 0.717) is 16.8 Å². The number of rotatable bonds is 3. The summed E-state index contributed by atoms with van der Waals surface area (Å²) >= 11 is 5.87. The number of hydrogen-bond donors (Lipinski definition) is 1. The van der Waals surface area contributed by atoms with Crippen LogP contribution < -0.4 is 5.32 Å². The molecule has 7 heteroatoms. The van der Waals surface area contributed by atoms with Gasteiger partial charge in [0.15, 0.2) is 5.82 Å². The van der Waals surface area contributed by atoms with Crippen LogP contribution in [0.2, 0.25) is 5.15 Å². The summed E-state index contributed by atoms with van der Waals surface area (Å²) in [4.78, 5) is 8.25. The number of anilines is 1. The van der Waals surface area contributed by atoms with Gasteiger partial charge < -0.3 is 9.88 Å². The van der Waals surface area contributed by atoms with Crippen molar-refractivity contribution in [2.45, 2.75) is 19.9 Å². The van der Waals surface area contributed by atoms with Gasteiger partial charge in [0.05, 0.1) is 6.04 Å². The molecular formula is C10H13ClN6. The molecule has 0 bridgehead atoms. The van der Waals surface area contributed by atoms with E-state index in [1.54, 1.807) is 19.3 Å². The highest BCUT2D eigenvalue weighted by atomic mass is 35.5. The van der Waals surface area contributed by atoms with Gasteiger partial charge in [-0.25, -0.2) is 9.97 Å². The number of nitrogens with one attached hydrogen (secondary N) is 1. The lowest BCUT2D eigenvalue weighted by atomic mass is 10.3. The van der Waals surface area contributed by atoms with Crippen LogP contribution in [0.5, 0.6) is 0 Å². The van der Waals surface area contributed by atoms with Crippen molar-refractivity contribution in [3.63, 3.8) is 0 Å². The van der Waals surface area contributed by atoms with E-state index in [4.69, 9.17) is 11.6 Å². The van der Waals surface area contributed by atoms with Crippen molar-refractivity contribution in [3.8, 4) is 0 Å². The average molecular weight is 253 g/mol. The molecule has 0 fully saturated rings. The Morgan fingerprint density at radius 2 is 2.18 bits per heavy atom. The Morgan fingerprint density at radius 1 is 1.41 bits per heavy atom. The quantitative estimate of drug-likeness (QED) is 0.843. The van der Waals surface area contributed by atoms with Crippen LogP contribution in [0, 0.1) is 6.92 Å². The lowest BCUT2D eigenvalue weighted by Gasteiger charge is -2.13. The Balaban J connectivity index is 2.18. The fourth-order valence-corrected chi connectivity index (χ4v) is 1.80. The minimum absolute atomic E-state index is 0.00660. The van der Waals surface area contributed by atoms with E-state index in [2.05, 4.69) is 25.5 Å². The smallest absolute Gasteiger partial charge is 0.154 e. The number of aryl methyl sites for hydroxylation is 2. The normalized spacial score (nSPS) is 12.5. The molecule has 0 saturated carbocycles. The summed E-state index contributed by atoms with van der Waals surface area (Å²) in [6.45, 7) is 3.78. The van der Waals surface area contributed by atoms with Crippen molar-refractivity contribution in [2.24, 2.45) is 7.05 Å². The van der Waals surface area contributed by atoms with Crippen LogP contribution in [-0.4, -0.2) is 24.7 Å². The van der Waals surface area contributed by atoms with Crippen LogP contribution >= 0.6 is 11.6 Å². The molecule has 0 radical (unpaired) electrons. The fourth-order valence-electron chi connectivity index (χ4n) is 1.58. The van der Waals surface area contributed by atoms with Crippen molar-refractivity contribution in [3.05, 3.63) is 29.2 Å². The predicted octanol–water partition coefficient (Wildman–Crippen LogP) is 1.74. The van der Waals surface area contributed by atoms with Gasteiger partial charge in [-0.3, -0.25) is 0 Å². The minimum Gasteiger partial charge on any atom is -0.360 e. The Morgan fingerprint density at radius 3 is 2.76 bits per heavy atom. The first-order valence-corrected chi connectivity index (χ1v) is 5.55. The van der Waals surface area contributed by atoms with Gasteiger partial charge >= 0.3 is 0 Å². The summed E-state index contributed by atoms with van der Waals surface area (Å²) in [6, 6.07) is 1.68. The zero-order chi connectivity index (χ0) is 12.4. The van der Waals surface area contributed by atoms with E-state index in [-0.39, 0.29) is 6.04 Å². The minimum atomic E-state index is -0.00660. The molecule has 2 heterocycles. The Labute approximate surface area is 104 Å². The van der Waals surface area contributed by atoms with Crippen LogP contribution in [0.1, 0.15) is 24.6 Å². The zero-order valence-electron chi connectivity index (χ0n) is 9.85. The second-order valence-electron chi connectivity index (χ2n) is 3.79. The first kappa shape index (κ1) is 11.8. The number of hydrogen-bond acceptors (Lipinski definition) is 5. The molecule has 1 atom stereocenters.